The molecule has 0 unspecified atom stereocenters. The van der Waals surface area contributed by atoms with Gasteiger partial charge in [0.05, 0.1) is 16.3 Å². The third-order valence-electron chi connectivity index (χ3n) is 2.15. The van der Waals surface area contributed by atoms with Gasteiger partial charge in [-0.25, -0.2) is 15.0 Å². The van der Waals surface area contributed by atoms with Crippen LogP contribution in [0.1, 0.15) is 11.8 Å². The fourth-order valence-corrected chi connectivity index (χ4v) is 2.22. The number of anilines is 1. The van der Waals surface area contributed by atoms with Gasteiger partial charge >= 0.3 is 0 Å². The highest BCUT2D eigenvalue weighted by Gasteiger charge is 2.15. The molecule has 6 nitrogen and oxygen atoms in total. The lowest BCUT2D eigenvalue weighted by atomic mass is 10.2. The molecule has 17 heavy (non-hydrogen) atoms. The van der Waals surface area contributed by atoms with Gasteiger partial charge in [-0.2, -0.15) is 0 Å². The molecule has 2 rings (SSSR count). The summed E-state index contributed by atoms with van der Waals surface area (Å²) in [7, 11) is 1.79. The second kappa shape index (κ2) is 4.88. The van der Waals surface area contributed by atoms with Crippen LogP contribution in [0.15, 0.2) is 23.9 Å². The van der Waals surface area contributed by atoms with Crippen LogP contribution in [-0.2, 0) is 0 Å². The van der Waals surface area contributed by atoms with Crippen LogP contribution in [0.4, 0.5) is 5.13 Å². The average Bonchev–Trinajstić information content (AvgIpc) is 2.83. The van der Waals surface area contributed by atoms with Crippen molar-refractivity contribution in [3.05, 3.63) is 23.6 Å². The number of rotatable bonds is 3. The van der Waals surface area contributed by atoms with E-state index in [4.69, 9.17) is 5.21 Å². The van der Waals surface area contributed by atoms with E-state index in [9.17, 15) is 0 Å². The summed E-state index contributed by atoms with van der Waals surface area (Å²) in [4.78, 5) is 13.1. The molecule has 88 valence electrons. The van der Waals surface area contributed by atoms with Crippen molar-refractivity contribution >= 4 is 22.2 Å². The first kappa shape index (κ1) is 11.5. The smallest absolute Gasteiger partial charge is 0.183 e. The summed E-state index contributed by atoms with van der Waals surface area (Å²) in [5, 5.41) is 15.8. The van der Waals surface area contributed by atoms with Crippen molar-refractivity contribution in [1.82, 2.24) is 15.0 Å². The third-order valence-corrected chi connectivity index (χ3v) is 3.34. The first-order valence-electron chi connectivity index (χ1n) is 4.89. The number of nitrogens with one attached hydrogen (secondary N) is 1. The van der Waals surface area contributed by atoms with Crippen LogP contribution in [0.5, 0.6) is 0 Å². The lowest BCUT2D eigenvalue weighted by Crippen LogP contribution is -1.94. The Labute approximate surface area is 102 Å². The second-order valence-electron chi connectivity index (χ2n) is 3.26. The molecule has 0 saturated carbocycles. The van der Waals surface area contributed by atoms with E-state index in [1.807, 2.05) is 0 Å². The first-order chi connectivity index (χ1) is 8.26. The lowest BCUT2D eigenvalue weighted by Gasteiger charge is -1.98. The van der Waals surface area contributed by atoms with E-state index in [1.165, 1.54) is 17.7 Å². The van der Waals surface area contributed by atoms with Crippen LogP contribution in [0.2, 0.25) is 0 Å². The minimum atomic E-state index is 0.517. The minimum absolute atomic E-state index is 0.517. The minimum Gasteiger partial charge on any atom is -0.411 e. The summed E-state index contributed by atoms with van der Waals surface area (Å²) in [6, 6.07) is 0. The van der Waals surface area contributed by atoms with Gasteiger partial charge in [-0.1, -0.05) is 16.5 Å². The molecule has 0 atom stereocenters. The van der Waals surface area contributed by atoms with Crippen molar-refractivity contribution in [2.45, 2.75) is 6.92 Å². The van der Waals surface area contributed by atoms with Crippen molar-refractivity contribution in [2.75, 3.05) is 12.4 Å². The van der Waals surface area contributed by atoms with Crippen molar-refractivity contribution in [3.8, 4) is 11.3 Å². The van der Waals surface area contributed by atoms with Gasteiger partial charge in [0, 0.05) is 25.0 Å². The zero-order valence-electron chi connectivity index (χ0n) is 9.38. The number of oxime groups is 1. The molecule has 0 saturated heterocycles. The Hall–Kier alpha value is -2.02. The molecule has 0 amide bonds. The van der Waals surface area contributed by atoms with Crippen LogP contribution >= 0.6 is 11.3 Å². The summed E-state index contributed by atoms with van der Waals surface area (Å²) in [5.74, 6) is 0. The Morgan fingerprint density at radius 2 is 2.12 bits per heavy atom. The molecule has 7 heteroatoms. The molecule has 0 aliphatic heterocycles. The second-order valence-corrected chi connectivity index (χ2v) is 4.26. The van der Waals surface area contributed by atoms with Crippen molar-refractivity contribution < 1.29 is 5.21 Å². The standard InChI is InChI=1S/C10H11N5OS/c1-6(15-16)9-8(14-10(11-2)17-9)7-3-12-5-13-4-7/h3-5,16H,1-2H3,(H,11,14)/b15-6+. The summed E-state index contributed by atoms with van der Waals surface area (Å²) < 4.78 is 0. The van der Waals surface area contributed by atoms with E-state index in [0.717, 1.165) is 21.3 Å². The third kappa shape index (κ3) is 2.23. The van der Waals surface area contributed by atoms with Crippen molar-refractivity contribution in [1.29, 1.82) is 0 Å². The molecule has 0 aromatic carbocycles. The van der Waals surface area contributed by atoms with Crippen LogP contribution in [-0.4, -0.2) is 32.9 Å². The van der Waals surface area contributed by atoms with Gasteiger partial charge < -0.3 is 10.5 Å². The molecular weight excluding hydrogens is 238 g/mol. The van der Waals surface area contributed by atoms with Gasteiger partial charge in [-0.15, -0.1) is 0 Å². The van der Waals surface area contributed by atoms with Crippen LogP contribution in [0, 0.1) is 0 Å². The van der Waals surface area contributed by atoms with Gasteiger partial charge in [0.2, 0.25) is 0 Å². The summed E-state index contributed by atoms with van der Waals surface area (Å²) in [5.41, 5.74) is 2.03. The molecule has 2 aromatic heterocycles. The summed E-state index contributed by atoms with van der Waals surface area (Å²) in [6.45, 7) is 1.72. The first-order valence-corrected chi connectivity index (χ1v) is 5.71. The number of nitrogens with zero attached hydrogens (tertiary/aromatic N) is 4. The lowest BCUT2D eigenvalue weighted by molar-refractivity contribution is 0.319. The Bertz CT molecular complexity index is 537. The maximum absolute atomic E-state index is 8.86. The number of hydrogen-bond acceptors (Lipinski definition) is 7. The largest absolute Gasteiger partial charge is 0.411 e. The molecule has 0 aliphatic carbocycles. The molecular formula is C10H11N5OS. The predicted molar refractivity (Wildman–Crippen MR) is 66.7 cm³/mol. The Kier molecular flexibility index (Phi) is 3.29. The van der Waals surface area contributed by atoms with Gasteiger partial charge in [0.25, 0.3) is 0 Å². The highest BCUT2D eigenvalue weighted by Crippen LogP contribution is 2.30. The van der Waals surface area contributed by atoms with Gasteiger partial charge in [0.15, 0.2) is 5.13 Å². The maximum atomic E-state index is 8.86. The number of thiazole rings is 1. The monoisotopic (exact) mass is 249 g/mol. The number of hydrogen-bond donors (Lipinski definition) is 2. The molecule has 0 bridgehead atoms. The summed E-state index contributed by atoms with van der Waals surface area (Å²) >= 11 is 1.42. The van der Waals surface area contributed by atoms with Crippen molar-refractivity contribution in [2.24, 2.45) is 5.16 Å². The Balaban J connectivity index is 2.56. The average molecular weight is 249 g/mol. The fourth-order valence-electron chi connectivity index (χ4n) is 1.33. The predicted octanol–water partition coefficient (Wildman–Crippen LogP) is 1.84. The quantitative estimate of drug-likeness (QED) is 0.492. The highest BCUT2D eigenvalue weighted by molar-refractivity contribution is 7.18. The normalized spacial score (nSPS) is 11.5. The van der Waals surface area contributed by atoms with Crippen LogP contribution < -0.4 is 5.32 Å². The van der Waals surface area contributed by atoms with E-state index in [2.05, 4.69) is 25.4 Å². The zero-order valence-corrected chi connectivity index (χ0v) is 10.2. The SMILES string of the molecule is CNc1nc(-c2cncnc2)c(/C(C)=N/O)s1. The Morgan fingerprint density at radius 3 is 2.71 bits per heavy atom. The zero-order chi connectivity index (χ0) is 12.3. The Morgan fingerprint density at radius 1 is 1.41 bits per heavy atom. The van der Waals surface area contributed by atoms with Crippen LogP contribution in [0.25, 0.3) is 11.3 Å². The van der Waals surface area contributed by atoms with E-state index in [0.29, 0.717) is 5.71 Å². The van der Waals surface area contributed by atoms with Crippen molar-refractivity contribution in [3.63, 3.8) is 0 Å². The topological polar surface area (TPSA) is 83.3 Å². The van der Waals surface area contributed by atoms with Gasteiger partial charge in [-0.3, -0.25) is 0 Å². The molecule has 0 radical (unpaired) electrons. The van der Waals surface area contributed by atoms with Gasteiger partial charge in [-0.05, 0) is 6.92 Å². The number of aromatic nitrogens is 3. The molecule has 0 spiro atoms. The van der Waals surface area contributed by atoms with Gasteiger partial charge in [0.1, 0.15) is 6.33 Å². The molecule has 2 N–H and O–H groups in total. The maximum Gasteiger partial charge on any atom is 0.183 e. The van der Waals surface area contributed by atoms with Crippen LogP contribution in [0.3, 0.4) is 0 Å². The summed E-state index contributed by atoms with van der Waals surface area (Å²) in [6.07, 6.45) is 4.81. The molecule has 2 heterocycles. The highest BCUT2D eigenvalue weighted by atomic mass is 32.1. The van der Waals surface area contributed by atoms with E-state index in [1.54, 1.807) is 26.4 Å². The van der Waals surface area contributed by atoms with E-state index >= 15 is 0 Å². The fraction of sp³-hybridized carbons (Fsp3) is 0.200. The molecule has 2 aromatic rings. The molecule has 0 fully saturated rings. The molecule has 0 aliphatic rings. The van der Waals surface area contributed by atoms with E-state index in [-0.39, 0.29) is 0 Å². The van der Waals surface area contributed by atoms with E-state index < -0.39 is 0 Å².